The van der Waals surface area contributed by atoms with Crippen LogP contribution in [-0.2, 0) is 4.74 Å². The molecule has 1 aliphatic carbocycles. The number of ether oxygens (including phenoxy) is 2. The molecule has 0 fully saturated rings. The zero-order chi connectivity index (χ0) is 20.9. The fourth-order valence-corrected chi connectivity index (χ4v) is 3.80. The number of nitrogens with one attached hydrogen (secondary N) is 1. The minimum Gasteiger partial charge on any atom is -0.497 e. The van der Waals surface area contributed by atoms with Crippen molar-refractivity contribution in [2.45, 2.75) is 5.92 Å². The van der Waals surface area contributed by atoms with Crippen molar-refractivity contribution in [3.05, 3.63) is 88.4 Å². The summed E-state index contributed by atoms with van der Waals surface area (Å²) in [5, 5.41) is 3.20. The van der Waals surface area contributed by atoms with Crippen LogP contribution in [0.15, 0.2) is 66.7 Å². The van der Waals surface area contributed by atoms with E-state index in [-0.39, 0.29) is 19.1 Å². The van der Waals surface area contributed by atoms with Crippen LogP contribution in [0.3, 0.4) is 0 Å². The SMILES string of the molecule is COc1ccc(Cl)c(C#CCNC(=O)OCC2c3ccccc3-c3ccccc32)c1. The van der Waals surface area contributed by atoms with Gasteiger partial charge in [0.25, 0.3) is 0 Å². The third-order valence-electron chi connectivity index (χ3n) is 5.06. The Hall–Kier alpha value is -3.42. The molecule has 0 atom stereocenters. The quantitative estimate of drug-likeness (QED) is 0.590. The molecule has 30 heavy (non-hydrogen) atoms. The molecule has 3 aromatic rings. The van der Waals surface area contributed by atoms with Crippen molar-refractivity contribution in [1.29, 1.82) is 0 Å². The molecule has 0 aromatic heterocycles. The Labute approximate surface area is 180 Å². The van der Waals surface area contributed by atoms with Crippen molar-refractivity contribution >= 4 is 17.7 Å². The minimum atomic E-state index is -0.497. The van der Waals surface area contributed by atoms with Gasteiger partial charge in [0.05, 0.1) is 18.7 Å². The molecule has 0 spiro atoms. The van der Waals surface area contributed by atoms with E-state index in [0.717, 1.165) is 0 Å². The van der Waals surface area contributed by atoms with Gasteiger partial charge in [-0.05, 0) is 40.5 Å². The average molecular weight is 418 g/mol. The smallest absolute Gasteiger partial charge is 0.407 e. The first-order valence-corrected chi connectivity index (χ1v) is 9.96. The zero-order valence-corrected chi connectivity index (χ0v) is 17.2. The van der Waals surface area contributed by atoms with Crippen molar-refractivity contribution in [3.8, 4) is 28.7 Å². The fourth-order valence-electron chi connectivity index (χ4n) is 3.63. The number of fused-ring (bicyclic) bond motifs is 3. The maximum Gasteiger partial charge on any atom is 0.407 e. The lowest BCUT2D eigenvalue weighted by Gasteiger charge is -2.14. The van der Waals surface area contributed by atoms with E-state index < -0.39 is 6.09 Å². The van der Waals surface area contributed by atoms with Crippen LogP contribution in [0.1, 0.15) is 22.6 Å². The Kier molecular flexibility index (Phi) is 5.92. The molecule has 150 valence electrons. The second-order valence-electron chi connectivity index (χ2n) is 6.83. The minimum absolute atomic E-state index is 0.0322. The van der Waals surface area contributed by atoms with E-state index in [1.807, 2.05) is 24.3 Å². The van der Waals surface area contributed by atoms with E-state index in [1.54, 1.807) is 25.3 Å². The summed E-state index contributed by atoms with van der Waals surface area (Å²) in [4.78, 5) is 12.2. The number of halogens is 1. The predicted octanol–water partition coefficient (Wildman–Crippen LogP) is 5.24. The number of rotatable bonds is 4. The molecule has 1 N–H and O–H groups in total. The van der Waals surface area contributed by atoms with Gasteiger partial charge in [0.15, 0.2) is 0 Å². The van der Waals surface area contributed by atoms with Crippen LogP contribution in [0.5, 0.6) is 5.75 Å². The Morgan fingerprint density at radius 2 is 1.70 bits per heavy atom. The summed E-state index contributed by atoms with van der Waals surface area (Å²) in [5.41, 5.74) is 5.40. The monoisotopic (exact) mass is 417 g/mol. The van der Waals surface area contributed by atoms with Crippen molar-refractivity contribution in [3.63, 3.8) is 0 Å². The summed E-state index contributed by atoms with van der Waals surface area (Å²) >= 11 is 6.13. The first kappa shape index (κ1) is 19.9. The Morgan fingerprint density at radius 3 is 2.37 bits per heavy atom. The van der Waals surface area contributed by atoms with Gasteiger partial charge in [0.1, 0.15) is 12.4 Å². The van der Waals surface area contributed by atoms with Gasteiger partial charge in [-0.15, -0.1) is 0 Å². The largest absolute Gasteiger partial charge is 0.497 e. The van der Waals surface area contributed by atoms with Crippen LogP contribution in [0.4, 0.5) is 4.79 Å². The standard InChI is InChI=1S/C25H20ClNO3/c1-29-18-12-13-24(26)17(15-18)7-6-14-27-25(28)30-16-23-21-10-4-2-8-19(21)20-9-3-5-11-22(20)23/h2-5,8-13,15,23H,14,16H2,1H3,(H,27,28). The Balaban J connectivity index is 1.35. The third kappa shape index (κ3) is 4.12. The molecule has 1 amide bonds. The van der Waals surface area contributed by atoms with Crippen molar-refractivity contribution in [1.82, 2.24) is 5.32 Å². The van der Waals surface area contributed by atoms with Crippen molar-refractivity contribution < 1.29 is 14.3 Å². The van der Waals surface area contributed by atoms with Crippen LogP contribution in [-0.4, -0.2) is 26.4 Å². The molecule has 4 nitrogen and oxygen atoms in total. The van der Waals surface area contributed by atoms with Crippen molar-refractivity contribution in [2.75, 3.05) is 20.3 Å². The molecule has 3 aromatic carbocycles. The van der Waals surface area contributed by atoms with Crippen LogP contribution >= 0.6 is 11.6 Å². The summed E-state index contributed by atoms with van der Waals surface area (Å²) in [5.74, 6) is 6.52. The zero-order valence-electron chi connectivity index (χ0n) is 16.4. The molecule has 1 aliphatic rings. The van der Waals surface area contributed by atoms with E-state index >= 15 is 0 Å². The van der Waals surface area contributed by atoms with Gasteiger partial charge in [-0.2, -0.15) is 0 Å². The molecule has 0 bridgehead atoms. The summed E-state index contributed by atoms with van der Waals surface area (Å²) < 4.78 is 10.7. The molecule has 0 aliphatic heterocycles. The highest BCUT2D eigenvalue weighted by Crippen LogP contribution is 2.44. The summed E-state index contributed by atoms with van der Waals surface area (Å²) in [6, 6.07) is 21.7. The van der Waals surface area contributed by atoms with E-state index in [9.17, 15) is 4.79 Å². The molecule has 0 radical (unpaired) electrons. The molecular weight excluding hydrogens is 398 g/mol. The number of hydrogen-bond acceptors (Lipinski definition) is 3. The number of benzene rings is 3. The fraction of sp³-hybridized carbons (Fsp3) is 0.160. The average Bonchev–Trinajstić information content (AvgIpc) is 3.10. The lowest BCUT2D eigenvalue weighted by molar-refractivity contribution is 0.144. The first-order valence-electron chi connectivity index (χ1n) is 9.58. The Bertz CT molecular complexity index is 1100. The number of hydrogen-bond donors (Lipinski definition) is 1. The number of methoxy groups -OCH3 is 1. The third-order valence-corrected chi connectivity index (χ3v) is 5.39. The van der Waals surface area contributed by atoms with Crippen LogP contribution in [0, 0.1) is 11.8 Å². The molecule has 5 heteroatoms. The predicted molar refractivity (Wildman–Crippen MR) is 118 cm³/mol. The molecule has 0 saturated heterocycles. The normalized spacial score (nSPS) is 11.7. The highest BCUT2D eigenvalue weighted by atomic mass is 35.5. The van der Waals surface area contributed by atoms with Gasteiger partial charge >= 0.3 is 6.09 Å². The van der Waals surface area contributed by atoms with Crippen LogP contribution in [0.2, 0.25) is 5.02 Å². The van der Waals surface area contributed by atoms with Gasteiger partial charge in [0.2, 0.25) is 0 Å². The maximum absolute atomic E-state index is 12.2. The molecule has 0 saturated carbocycles. The first-order chi connectivity index (χ1) is 14.7. The number of carbonyl (C=O) groups excluding carboxylic acids is 1. The highest BCUT2D eigenvalue weighted by molar-refractivity contribution is 6.31. The molecule has 0 heterocycles. The van der Waals surface area contributed by atoms with Gasteiger partial charge in [-0.1, -0.05) is 72.0 Å². The van der Waals surface area contributed by atoms with E-state index in [2.05, 4.69) is 41.4 Å². The molecule has 4 rings (SSSR count). The molecule has 0 unspecified atom stereocenters. The van der Waals surface area contributed by atoms with Gasteiger partial charge < -0.3 is 14.8 Å². The second kappa shape index (κ2) is 8.94. The van der Waals surface area contributed by atoms with E-state index in [0.29, 0.717) is 16.3 Å². The van der Waals surface area contributed by atoms with Gasteiger partial charge in [0, 0.05) is 11.5 Å². The Morgan fingerprint density at radius 1 is 1.03 bits per heavy atom. The summed E-state index contributed by atoms with van der Waals surface area (Å²) in [6.45, 7) is 0.430. The van der Waals surface area contributed by atoms with E-state index in [4.69, 9.17) is 21.1 Å². The number of alkyl carbamates (subject to hydrolysis) is 1. The van der Waals surface area contributed by atoms with E-state index in [1.165, 1.54) is 22.3 Å². The van der Waals surface area contributed by atoms with Gasteiger partial charge in [-0.3, -0.25) is 0 Å². The topological polar surface area (TPSA) is 47.6 Å². The summed E-state index contributed by atoms with van der Waals surface area (Å²) in [7, 11) is 1.58. The molecular formula is C25H20ClNO3. The maximum atomic E-state index is 12.2. The lowest BCUT2D eigenvalue weighted by atomic mass is 9.98. The van der Waals surface area contributed by atoms with Gasteiger partial charge in [-0.25, -0.2) is 4.79 Å². The summed E-state index contributed by atoms with van der Waals surface area (Å²) in [6.07, 6.45) is -0.497. The number of carbonyl (C=O) groups is 1. The number of amides is 1. The second-order valence-corrected chi connectivity index (χ2v) is 7.23. The van der Waals surface area contributed by atoms with Crippen LogP contribution in [0.25, 0.3) is 11.1 Å². The van der Waals surface area contributed by atoms with Crippen LogP contribution < -0.4 is 10.1 Å². The highest BCUT2D eigenvalue weighted by Gasteiger charge is 2.28. The van der Waals surface area contributed by atoms with Crippen molar-refractivity contribution in [2.24, 2.45) is 0 Å². The lowest BCUT2D eigenvalue weighted by Crippen LogP contribution is -2.26.